The minimum Gasteiger partial charge on any atom is -0.507 e. The third-order valence-corrected chi connectivity index (χ3v) is 2.46. The second kappa shape index (κ2) is 6.13. The molecule has 94 valence electrons. The minimum absolute atomic E-state index is 0.0635. The number of hydrogen-bond donors (Lipinski definition) is 2. The molecule has 1 amide bonds. The standard InChI is InChI=1S/C13H19NO3/c1-9(2)6-7-14-13(16)11-5-4-10(17-3)8-12(11)15/h4-5,8-9,15H,6-7H2,1-3H3,(H,14,16). The van der Waals surface area contributed by atoms with Crippen LogP contribution in [0.1, 0.15) is 30.6 Å². The summed E-state index contributed by atoms with van der Waals surface area (Å²) in [6.45, 7) is 4.80. The number of methoxy groups -OCH3 is 1. The zero-order valence-electron chi connectivity index (χ0n) is 10.5. The summed E-state index contributed by atoms with van der Waals surface area (Å²) in [6, 6.07) is 4.63. The Hall–Kier alpha value is -1.71. The van der Waals surface area contributed by atoms with Gasteiger partial charge in [0.1, 0.15) is 11.5 Å². The van der Waals surface area contributed by atoms with Crippen molar-refractivity contribution in [2.24, 2.45) is 5.92 Å². The van der Waals surface area contributed by atoms with Gasteiger partial charge in [0.25, 0.3) is 5.91 Å². The van der Waals surface area contributed by atoms with Gasteiger partial charge in [-0.15, -0.1) is 0 Å². The van der Waals surface area contributed by atoms with E-state index < -0.39 is 0 Å². The molecular weight excluding hydrogens is 218 g/mol. The van der Waals surface area contributed by atoms with Crippen LogP contribution in [0.25, 0.3) is 0 Å². The van der Waals surface area contributed by atoms with Crippen LogP contribution in [-0.4, -0.2) is 24.7 Å². The normalized spacial score (nSPS) is 10.4. The van der Waals surface area contributed by atoms with E-state index in [2.05, 4.69) is 19.2 Å². The summed E-state index contributed by atoms with van der Waals surface area (Å²) in [5.74, 6) is 0.748. The molecule has 2 N–H and O–H groups in total. The van der Waals surface area contributed by atoms with Crippen LogP contribution in [0.2, 0.25) is 0 Å². The molecule has 0 atom stereocenters. The van der Waals surface area contributed by atoms with Gasteiger partial charge in [-0.05, 0) is 24.5 Å². The van der Waals surface area contributed by atoms with Crippen LogP contribution in [0.4, 0.5) is 0 Å². The maximum Gasteiger partial charge on any atom is 0.255 e. The molecule has 0 bridgehead atoms. The van der Waals surface area contributed by atoms with Crippen LogP contribution >= 0.6 is 0 Å². The fraction of sp³-hybridized carbons (Fsp3) is 0.462. The summed E-state index contributed by atoms with van der Waals surface area (Å²) >= 11 is 0. The molecule has 0 unspecified atom stereocenters. The summed E-state index contributed by atoms with van der Waals surface area (Å²) in [5.41, 5.74) is 0.273. The molecule has 4 heteroatoms. The van der Waals surface area contributed by atoms with Gasteiger partial charge in [0.05, 0.1) is 12.7 Å². The van der Waals surface area contributed by atoms with Crippen LogP contribution < -0.4 is 10.1 Å². The molecule has 0 saturated heterocycles. The highest BCUT2D eigenvalue weighted by Crippen LogP contribution is 2.23. The van der Waals surface area contributed by atoms with E-state index in [1.54, 1.807) is 12.1 Å². The van der Waals surface area contributed by atoms with Gasteiger partial charge < -0.3 is 15.2 Å². The van der Waals surface area contributed by atoms with Crippen molar-refractivity contribution in [1.29, 1.82) is 0 Å². The third kappa shape index (κ3) is 3.98. The zero-order valence-corrected chi connectivity index (χ0v) is 10.5. The topological polar surface area (TPSA) is 58.6 Å². The lowest BCUT2D eigenvalue weighted by Crippen LogP contribution is -2.25. The summed E-state index contributed by atoms with van der Waals surface area (Å²) in [7, 11) is 1.51. The van der Waals surface area contributed by atoms with E-state index in [1.807, 2.05) is 0 Å². The number of phenols is 1. The Morgan fingerprint density at radius 1 is 1.47 bits per heavy atom. The maximum absolute atomic E-state index is 11.7. The fourth-order valence-electron chi connectivity index (χ4n) is 1.40. The molecule has 1 aromatic rings. The summed E-state index contributed by atoms with van der Waals surface area (Å²) < 4.78 is 4.95. The first-order valence-electron chi connectivity index (χ1n) is 5.69. The Balaban J connectivity index is 2.63. The van der Waals surface area contributed by atoms with Gasteiger partial charge in [-0.2, -0.15) is 0 Å². The lowest BCUT2D eigenvalue weighted by Gasteiger charge is -2.09. The number of aromatic hydroxyl groups is 1. The van der Waals surface area contributed by atoms with E-state index in [9.17, 15) is 9.90 Å². The van der Waals surface area contributed by atoms with Gasteiger partial charge >= 0.3 is 0 Å². The molecule has 1 aromatic carbocycles. The zero-order chi connectivity index (χ0) is 12.8. The average molecular weight is 237 g/mol. The van der Waals surface area contributed by atoms with Crippen LogP contribution in [-0.2, 0) is 0 Å². The summed E-state index contributed by atoms with van der Waals surface area (Å²) in [6.07, 6.45) is 0.919. The first kappa shape index (κ1) is 13.4. The predicted octanol–water partition coefficient (Wildman–Crippen LogP) is 2.18. The number of phenolic OH excluding ortho intramolecular Hbond substituents is 1. The monoisotopic (exact) mass is 237 g/mol. The van der Waals surface area contributed by atoms with Crippen molar-refractivity contribution in [3.05, 3.63) is 23.8 Å². The van der Waals surface area contributed by atoms with Crippen molar-refractivity contribution >= 4 is 5.91 Å². The lowest BCUT2D eigenvalue weighted by atomic mass is 10.1. The second-order valence-corrected chi connectivity index (χ2v) is 4.32. The van der Waals surface area contributed by atoms with E-state index in [1.165, 1.54) is 13.2 Å². The summed E-state index contributed by atoms with van der Waals surface area (Å²) in [4.78, 5) is 11.7. The Kier molecular flexibility index (Phi) is 4.82. The van der Waals surface area contributed by atoms with Gasteiger partial charge in [-0.3, -0.25) is 4.79 Å². The molecule has 0 radical (unpaired) electrons. The summed E-state index contributed by atoms with van der Waals surface area (Å²) in [5, 5.41) is 12.4. The van der Waals surface area contributed by atoms with Crippen molar-refractivity contribution in [2.45, 2.75) is 20.3 Å². The molecule has 0 aliphatic heterocycles. The highest BCUT2D eigenvalue weighted by atomic mass is 16.5. The van der Waals surface area contributed by atoms with Crippen molar-refractivity contribution in [3.63, 3.8) is 0 Å². The molecule has 1 rings (SSSR count). The first-order valence-corrected chi connectivity index (χ1v) is 5.69. The number of ether oxygens (including phenoxy) is 1. The Bertz CT molecular complexity index is 388. The molecule has 0 aliphatic rings. The molecule has 4 nitrogen and oxygen atoms in total. The molecule has 0 heterocycles. The van der Waals surface area contributed by atoms with Gasteiger partial charge in [-0.25, -0.2) is 0 Å². The van der Waals surface area contributed by atoms with E-state index in [0.717, 1.165) is 6.42 Å². The molecule has 0 fully saturated rings. The van der Waals surface area contributed by atoms with Crippen molar-refractivity contribution in [3.8, 4) is 11.5 Å². The largest absolute Gasteiger partial charge is 0.507 e. The highest BCUT2D eigenvalue weighted by molar-refractivity contribution is 5.96. The van der Waals surface area contributed by atoms with Crippen molar-refractivity contribution in [1.82, 2.24) is 5.32 Å². The number of hydrogen-bond acceptors (Lipinski definition) is 3. The van der Waals surface area contributed by atoms with E-state index in [4.69, 9.17) is 4.74 Å². The number of carbonyl (C=O) groups excluding carboxylic acids is 1. The molecule has 0 saturated carbocycles. The van der Waals surface area contributed by atoms with Crippen molar-refractivity contribution < 1.29 is 14.6 Å². The van der Waals surface area contributed by atoms with E-state index >= 15 is 0 Å². The average Bonchev–Trinajstić information content (AvgIpc) is 2.28. The van der Waals surface area contributed by atoms with E-state index in [-0.39, 0.29) is 17.2 Å². The third-order valence-electron chi connectivity index (χ3n) is 2.46. The Morgan fingerprint density at radius 2 is 2.18 bits per heavy atom. The van der Waals surface area contributed by atoms with Gasteiger partial charge in [0, 0.05) is 12.6 Å². The fourth-order valence-corrected chi connectivity index (χ4v) is 1.40. The molecule has 0 spiro atoms. The quantitative estimate of drug-likeness (QED) is 0.825. The number of amides is 1. The number of nitrogens with one attached hydrogen (secondary N) is 1. The van der Waals surface area contributed by atoms with Crippen LogP contribution in [0.5, 0.6) is 11.5 Å². The van der Waals surface area contributed by atoms with Gasteiger partial charge in [0.2, 0.25) is 0 Å². The maximum atomic E-state index is 11.7. The first-order chi connectivity index (χ1) is 8.04. The van der Waals surface area contributed by atoms with Crippen LogP contribution in [0.3, 0.4) is 0 Å². The molecule has 17 heavy (non-hydrogen) atoms. The SMILES string of the molecule is COc1ccc(C(=O)NCCC(C)C)c(O)c1. The Morgan fingerprint density at radius 3 is 2.71 bits per heavy atom. The number of rotatable bonds is 5. The number of benzene rings is 1. The van der Waals surface area contributed by atoms with Gasteiger partial charge in [0.15, 0.2) is 0 Å². The predicted molar refractivity (Wildman–Crippen MR) is 66.4 cm³/mol. The Labute approximate surface area is 102 Å². The second-order valence-electron chi connectivity index (χ2n) is 4.32. The molecular formula is C13H19NO3. The smallest absolute Gasteiger partial charge is 0.255 e. The lowest BCUT2D eigenvalue weighted by molar-refractivity contribution is 0.0949. The molecule has 0 aliphatic carbocycles. The van der Waals surface area contributed by atoms with Crippen LogP contribution in [0, 0.1) is 5.92 Å². The molecule has 0 aromatic heterocycles. The van der Waals surface area contributed by atoms with Crippen molar-refractivity contribution in [2.75, 3.05) is 13.7 Å². The highest BCUT2D eigenvalue weighted by Gasteiger charge is 2.11. The minimum atomic E-state index is -0.259. The van der Waals surface area contributed by atoms with Crippen LogP contribution in [0.15, 0.2) is 18.2 Å². The number of carbonyl (C=O) groups is 1. The van der Waals surface area contributed by atoms with E-state index in [0.29, 0.717) is 18.2 Å². The van der Waals surface area contributed by atoms with Gasteiger partial charge in [-0.1, -0.05) is 13.8 Å².